The number of aromatic nitrogens is 1. The van der Waals surface area contributed by atoms with Gasteiger partial charge < -0.3 is 4.90 Å². The van der Waals surface area contributed by atoms with Crippen molar-refractivity contribution in [3.05, 3.63) is 11.6 Å². The molecule has 65 valence electrons. The van der Waals surface area contributed by atoms with Crippen molar-refractivity contribution in [1.82, 2.24) is 4.98 Å². The minimum atomic E-state index is 0.894. The highest BCUT2D eigenvalue weighted by Gasteiger charge is 2.16. The molecule has 0 bridgehead atoms. The standard InChI is InChI=1S/C9H13N2S/c1-8-2-5-11(6-3-8)9-10-4-7-12-9/h7-8H,2-3,5-6H2,1H3. The van der Waals surface area contributed by atoms with E-state index in [1.807, 2.05) is 5.38 Å². The Labute approximate surface area is 77.2 Å². The second-order valence-electron chi connectivity index (χ2n) is 3.43. The third kappa shape index (κ3) is 1.61. The molecule has 0 unspecified atom stereocenters. The van der Waals surface area contributed by atoms with E-state index in [1.165, 1.54) is 25.9 Å². The molecule has 0 aliphatic carbocycles. The van der Waals surface area contributed by atoms with E-state index in [2.05, 4.69) is 23.0 Å². The zero-order chi connectivity index (χ0) is 8.39. The summed E-state index contributed by atoms with van der Waals surface area (Å²) in [6.07, 6.45) is 5.48. The van der Waals surface area contributed by atoms with E-state index in [4.69, 9.17) is 0 Å². The fraction of sp³-hybridized carbons (Fsp3) is 0.667. The van der Waals surface area contributed by atoms with E-state index < -0.39 is 0 Å². The zero-order valence-electron chi connectivity index (χ0n) is 7.29. The fourth-order valence-corrected chi connectivity index (χ4v) is 2.18. The molecule has 1 aromatic heterocycles. The maximum absolute atomic E-state index is 4.18. The topological polar surface area (TPSA) is 16.1 Å². The monoisotopic (exact) mass is 181 g/mol. The highest BCUT2D eigenvalue weighted by molar-refractivity contribution is 7.13. The molecular weight excluding hydrogens is 168 g/mol. The van der Waals surface area contributed by atoms with Crippen LogP contribution in [0.2, 0.25) is 0 Å². The van der Waals surface area contributed by atoms with E-state index in [1.54, 1.807) is 11.3 Å². The molecule has 0 aromatic carbocycles. The zero-order valence-corrected chi connectivity index (χ0v) is 8.10. The SMILES string of the molecule is CC1CCN(c2n[c]cs2)CC1. The summed E-state index contributed by atoms with van der Waals surface area (Å²) in [5.74, 6) is 0.894. The van der Waals surface area contributed by atoms with Crippen LogP contribution in [0.3, 0.4) is 0 Å². The van der Waals surface area contributed by atoms with Crippen LogP contribution in [0.4, 0.5) is 5.13 Å². The van der Waals surface area contributed by atoms with Gasteiger partial charge in [0.15, 0.2) is 5.13 Å². The first kappa shape index (κ1) is 8.05. The molecule has 12 heavy (non-hydrogen) atoms. The molecule has 1 radical (unpaired) electrons. The predicted molar refractivity (Wildman–Crippen MR) is 51.6 cm³/mol. The second kappa shape index (κ2) is 3.44. The summed E-state index contributed by atoms with van der Waals surface area (Å²) in [4.78, 5) is 6.55. The molecule has 0 N–H and O–H groups in total. The Morgan fingerprint density at radius 3 is 2.92 bits per heavy atom. The molecule has 0 saturated carbocycles. The summed E-state index contributed by atoms with van der Waals surface area (Å²) in [6, 6.07) is 0. The fourth-order valence-electron chi connectivity index (χ4n) is 1.53. The van der Waals surface area contributed by atoms with Gasteiger partial charge in [0.1, 0.15) is 6.20 Å². The molecular formula is C9H13N2S. The van der Waals surface area contributed by atoms with E-state index in [0.29, 0.717) is 0 Å². The number of anilines is 1. The summed E-state index contributed by atoms with van der Waals surface area (Å²) >= 11 is 1.69. The summed E-state index contributed by atoms with van der Waals surface area (Å²) in [7, 11) is 0. The first-order valence-corrected chi connectivity index (χ1v) is 5.31. The maximum atomic E-state index is 4.18. The van der Waals surface area contributed by atoms with Crippen LogP contribution in [-0.2, 0) is 0 Å². The number of hydrogen-bond donors (Lipinski definition) is 0. The third-order valence-corrected chi connectivity index (χ3v) is 3.21. The summed E-state index contributed by atoms with van der Waals surface area (Å²) < 4.78 is 0. The van der Waals surface area contributed by atoms with Crippen molar-refractivity contribution in [3.63, 3.8) is 0 Å². The summed E-state index contributed by atoms with van der Waals surface area (Å²) in [5, 5.41) is 3.06. The molecule has 1 aliphatic rings. The van der Waals surface area contributed by atoms with E-state index in [0.717, 1.165) is 11.0 Å². The van der Waals surface area contributed by atoms with Crippen molar-refractivity contribution in [2.75, 3.05) is 18.0 Å². The molecule has 3 heteroatoms. The van der Waals surface area contributed by atoms with Crippen molar-refractivity contribution in [3.8, 4) is 0 Å². The number of nitrogens with zero attached hydrogens (tertiary/aromatic N) is 2. The molecule has 1 saturated heterocycles. The Balaban J connectivity index is 1.99. The second-order valence-corrected chi connectivity index (χ2v) is 4.27. The molecule has 2 nitrogen and oxygen atoms in total. The van der Waals surface area contributed by atoms with Crippen LogP contribution >= 0.6 is 11.3 Å². The largest absolute Gasteiger partial charge is 0.348 e. The average molecular weight is 181 g/mol. The van der Waals surface area contributed by atoms with Gasteiger partial charge in [-0.3, -0.25) is 0 Å². The first-order chi connectivity index (χ1) is 5.86. The summed E-state index contributed by atoms with van der Waals surface area (Å²) in [5.41, 5.74) is 0. The van der Waals surface area contributed by atoms with Crippen LogP contribution in [0.1, 0.15) is 19.8 Å². The first-order valence-electron chi connectivity index (χ1n) is 4.43. The van der Waals surface area contributed by atoms with Gasteiger partial charge in [-0.15, -0.1) is 11.3 Å². The Kier molecular flexibility index (Phi) is 2.30. The van der Waals surface area contributed by atoms with E-state index in [9.17, 15) is 0 Å². The van der Waals surface area contributed by atoms with Crippen molar-refractivity contribution in [2.45, 2.75) is 19.8 Å². The van der Waals surface area contributed by atoms with Crippen LogP contribution in [-0.4, -0.2) is 18.1 Å². The Morgan fingerprint density at radius 2 is 2.33 bits per heavy atom. The molecule has 1 aliphatic heterocycles. The van der Waals surface area contributed by atoms with Gasteiger partial charge in [-0.25, -0.2) is 4.98 Å². The quantitative estimate of drug-likeness (QED) is 0.660. The van der Waals surface area contributed by atoms with Gasteiger partial charge in [0.25, 0.3) is 0 Å². The molecule has 0 amide bonds. The maximum Gasteiger partial charge on any atom is 0.185 e. The van der Waals surface area contributed by atoms with Gasteiger partial charge in [0.05, 0.1) is 0 Å². The van der Waals surface area contributed by atoms with Crippen LogP contribution in [0.5, 0.6) is 0 Å². The van der Waals surface area contributed by atoms with Gasteiger partial charge in [0.2, 0.25) is 0 Å². The number of rotatable bonds is 1. The van der Waals surface area contributed by atoms with E-state index in [-0.39, 0.29) is 0 Å². The molecule has 2 rings (SSSR count). The molecule has 1 fully saturated rings. The minimum absolute atomic E-state index is 0.894. The number of piperidine rings is 1. The van der Waals surface area contributed by atoms with Gasteiger partial charge in [-0.1, -0.05) is 6.92 Å². The van der Waals surface area contributed by atoms with Crippen molar-refractivity contribution >= 4 is 16.5 Å². The number of hydrogen-bond acceptors (Lipinski definition) is 3. The smallest absolute Gasteiger partial charge is 0.185 e. The molecule has 1 aromatic rings. The van der Waals surface area contributed by atoms with E-state index >= 15 is 0 Å². The molecule has 0 spiro atoms. The Morgan fingerprint density at radius 1 is 1.58 bits per heavy atom. The van der Waals surface area contributed by atoms with Crippen LogP contribution in [0.25, 0.3) is 0 Å². The lowest BCUT2D eigenvalue weighted by molar-refractivity contribution is 0.438. The molecule has 2 heterocycles. The predicted octanol–water partition coefficient (Wildman–Crippen LogP) is 2.18. The average Bonchev–Trinajstić information content (AvgIpc) is 2.58. The van der Waals surface area contributed by atoms with Crippen molar-refractivity contribution in [1.29, 1.82) is 0 Å². The Bertz CT molecular complexity index is 225. The third-order valence-electron chi connectivity index (χ3n) is 2.43. The Hall–Kier alpha value is -0.570. The number of thiazole rings is 1. The lowest BCUT2D eigenvalue weighted by atomic mass is 10.00. The van der Waals surface area contributed by atoms with Gasteiger partial charge >= 0.3 is 0 Å². The van der Waals surface area contributed by atoms with Crippen molar-refractivity contribution in [2.24, 2.45) is 5.92 Å². The van der Waals surface area contributed by atoms with Crippen molar-refractivity contribution < 1.29 is 0 Å². The highest BCUT2D eigenvalue weighted by atomic mass is 32.1. The summed E-state index contributed by atoms with van der Waals surface area (Å²) in [6.45, 7) is 4.66. The van der Waals surface area contributed by atoms with Crippen LogP contribution in [0.15, 0.2) is 5.38 Å². The normalized spacial score (nSPS) is 19.9. The van der Waals surface area contributed by atoms with Crippen LogP contribution in [0, 0.1) is 12.1 Å². The van der Waals surface area contributed by atoms with Gasteiger partial charge in [-0.05, 0) is 18.8 Å². The van der Waals surface area contributed by atoms with Gasteiger partial charge in [-0.2, -0.15) is 0 Å². The minimum Gasteiger partial charge on any atom is -0.348 e. The lowest BCUT2D eigenvalue weighted by Crippen LogP contribution is -2.32. The van der Waals surface area contributed by atoms with Gasteiger partial charge in [0, 0.05) is 18.5 Å². The highest BCUT2D eigenvalue weighted by Crippen LogP contribution is 2.23. The van der Waals surface area contributed by atoms with Crippen LogP contribution < -0.4 is 4.90 Å². The molecule has 0 atom stereocenters. The lowest BCUT2D eigenvalue weighted by Gasteiger charge is -2.29.